The van der Waals surface area contributed by atoms with Crippen LogP contribution < -0.4 is 0 Å². The highest BCUT2D eigenvalue weighted by atomic mass is 16.6. The van der Waals surface area contributed by atoms with Gasteiger partial charge in [-0.1, -0.05) is 84.9 Å². The molecule has 1 heterocycles. The first-order valence-corrected chi connectivity index (χ1v) is 9.86. The van der Waals surface area contributed by atoms with Gasteiger partial charge >= 0.3 is 6.09 Å². The Balaban J connectivity index is 1.55. The topological polar surface area (TPSA) is 46.6 Å². The second kappa shape index (κ2) is 8.74. The maximum atomic E-state index is 12.9. The number of ether oxygens (including phenoxy) is 1. The molecule has 1 amide bonds. The summed E-state index contributed by atoms with van der Waals surface area (Å²) in [7, 11) is 0. The van der Waals surface area contributed by atoms with Crippen LogP contribution >= 0.6 is 0 Å². The Hall–Kier alpha value is -3.40. The number of ketones is 1. The molecule has 4 heteroatoms. The van der Waals surface area contributed by atoms with Crippen molar-refractivity contribution in [2.75, 3.05) is 6.54 Å². The maximum absolute atomic E-state index is 12.9. The summed E-state index contributed by atoms with van der Waals surface area (Å²) in [5, 5.41) is 0. The first-order valence-electron chi connectivity index (χ1n) is 9.86. The van der Waals surface area contributed by atoms with E-state index in [9.17, 15) is 9.59 Å². The van der Waals surface area contributed by atoms with Crippen LogP contribution in [0.15, 0.2) is 84.9 Å². The molecule has 0 fully saturated rings. The molecule has 0 bridgehead atoms. The molecule has 0 saturated heterocycles. The third-order valence-electron chi connectivity index (χ3n) is 5.33. The first kappa shape index (κ1) is 18.9. The van der Waals surface area contributed by atoms with E-state index in [4.69, 9.17) is 4.74 Å². The molecule has 0 spiro atoms. The highest BCUT2D eigenvalue weighted by Gasteiger charge is 2.33. The van der Waals surface area contributed by atoms with Gasteiger partial charge in [0.1, 0.15) is 6.61 Å². The molecule has 0 aliphatic carbocycles. The molecule has 1 atom stereocenters. The minimum atomic E-state index is -0.380. The van der Waals surface area contributed by atoms with E-state index in [1.165, 1.54) is 5.56 Å². The average Bonchev–Trinajstić information content (AvgIpc) is 2.79. The van der Waals surface area contributed by atoms with Gasteiger partial charge in [-0.2, -0.15) is 0 Å². The maximum Gasteiger partial charge on any atom is 0.410 e. The standard InChI is InChI=1S/C25H23NO3/c27-24(21-12-5-2-6-13-21)17-23-22-14-8-7-11-20(22)15-16-26(23)25(28)29-18-19-9-3-1-4-10-19/h1-14,23H,15-18H2. The van der Waals surface area contributed by atoms with Crippen LogP contribution in [0.1, 0.15) is 39.5 Å². The highest BCUT2D eigenvalue weighted by Crippen LogP contribution is 2.33. The number of rotatable bonds is 5. The Bertz CT molecular complexity index is 985. The number of Topliss-reactive ketones (excluding diaryl/α,β-unsaturated/α-hetero) is 1. The molecule has 4 rings (SSSR count). The van der Waals surface area contributed by atoms with E-state index in [0.29, 0.717) is 12.1 Å². The lowest BCUT2D eigenvalue weighted by molar-refractivity contribution is 0.0705. The molecule has 0 radical (unpaired) electrons. The summed E-state index contributed by atoms with van der Waals surface area (Å²) in [6.07, 6.45) is 0.614. The number of nitrogens with zero attached hydrogens (tertiary/aromatic N) is 1. The van der Waals surface area contributed by atoms with Crippen molar-refractivity contribution in [1.82, 2.24) is 4.90 Å². The Morgan fingerprint density at radius 3 is 2.28 bits per heavy atom. The number of carbonyl (C=O) groups is 2. The van der Waals surface area contributed by atoms with E-state index in [1.807, 2.05) is 78.9 Å². The monoisotopic (exact) mass is 385 g/mol. The quantitative estimate of drug-likeness (QED) is 0.568. The predicted octanol–water partition coefficient (Wildman–Crippen LogP) is 5.20. The van der Waals surface area contributed by atoms with Crippen molar-refractivity contribution in [2.45, 2.75) is 25.5 Å². The number of amides is 1. The van der Waals surface area contributed by atoms with E-state index < -0.39 is 0 Å². The van der Waals surface area contributed by atoms with Gasteiger partial charge in [-0.05, 0) is 23.1 Å². The van der Waals surface area contributed by atoms with Crippen molar-refractivity contribution in [3.8, 4) is 0 Å². The van der Waals surface area contributed by atoms with Crippen molar-refractivity contribution < 1.29 is 14.3 Å². The lowest BCUT2D eigenvalue weighted by Crippen LogP contribution is -2.41. The van der Waals surface area contributed by atoms with Gasteiger partial charge in [0.25, 0.3) is 0 Å². The molecule has 0 N–H and O–H groups in total. The van der Waals surface area contributed by atoms with Crippen molar-refractivity contribution >= 4 is 11.9 Å². The van der Waals surface area contributed by atoms with E-state index in [-0.39, 0.29) is 30.9 Å². The number of fused-ring (bicyclic) bond motifs is 1. The van der Waals surface area contributed by atoms with Crippen LogP contribution in [-0.2, 0) is 17.8 Å². The fourth-order valence-corrected chi connectivity index (χ4v) is 3.81. The highest BCUT2D eigenvalue weighted by molar-refractivity contribution is 5.96. The van der Waals surface area contributed by atoms with Gasteiger partial charge in [0, 0.05) is 18.5 Å². The Morgan fingerprint density at radius 2 is 1.52 bits per heavy atom. The lowest BCUT2D eigenvalue weighted by Gasteiger charge is -2.36. The summed E-state index contributed by atoms with van der Waals surface area (Å²) in [5.74, 6) is 0.0214. The van der Waals surface area contributed by atoms with E-state index >= 15 is 0 Å². The molecule has 146 valence electrons. The van der Waals surface area contributed by atoms with Crippen LogP contribution in [0.4, 0.5) is 4.79 Å². The number of hydrogen-bond acceptors (Lipinski definition) is 3. The molecule has 1 unspecified atom stereocenters. The molecule has 4 nitrogen and oxygen atoms in total. The summed E-state index contributed by atoms with van der Waals surface area (Å²) >= 11 is 0. The first-order chi connectivity index (χ1) is 14.2. The molecule has 3 aromatic rings. The van der Waals surface area contributed by atoms with Gasteiger partial charge in [0.15, 0.2) is 5.78 Å². The van der Waals surface area contributed by atoms with Crippen molar-refractivity contribution in [1.29, 1.82) is 0 Å². The van der Waals surface area contributed by atoms with Gasteiger partial charge in [-0.15, -0.1) is 0 Å². The van der Waals surface area contributed by atoms with Crippen molar-refractivity contribution in [2.24, 2.45) is 0 Å². The molecule has 29 heavy (non-hydrogen) atoms. The molecule has 3 aromatic carbocycles. The SMILES string of the molecule is O=C(CC1c2ccccc2CCN1C(=O)OCc1ccccc1)c1ccccc1. The zero-order chi connectivity index (χ0) is 20.1. The largest absolute Gasteiger partial charge is 0.445 e. The zero-order valence-electron chi connectivity index (χ0n) is 16.2. The van der Waals surface area contributed by atoms with Crippen LogP contribution in [-0.4, -0.2) is 23.3 Å². The fourth-order valence-electron chi connectivity index (χ4n) is 3.81. The minimum Gasteiger partial charge on any atom is -0.445 e. The van der Waals surface area contributed by atoms with Crippen molar-refractivity contribution in [3.05, 3.63) is 107 Å². The van der Waals surface area contributed by atoms with Crippen LogP contribution in [0, 0.1) is 0 Å². The Kier molecular flexibility index (Phi) is 5.71. The van der Waals surface area contributed by atoms with Gasteiger partial charge in [-0.25, -0.2) is 4.79 Å². The van der Waals surface area contributed by atoms with Crippen LogP contribution in [0.5, 0.6) is 0 Å². The zero-order valence-corrected chi connectivity index (χ0v) is 16.2. The summed E-state index contributed by atoms with van der Waals surface area (Å²) in [6.45, 7) is 0.758. The molecule has 0 saturated carbocycles. The van der Waals surface area contributed by atoms with E-state index in [2.05, 4.69) is 6.07 Å². The molecule has 0 aromatic heterocycles. The summed E-state index contributed by atoms with van der Waals surface area (Å²) in [5.41, 5.74) is 3.81. The van der Waals surface area contributed by atoms with Gasteiger partial charge in [0.2, 0.25) is 0 Å². The average molecular weight is 385 g/mol. The van der Waals surface area contributed by atoms with Crippen LogP contribution in [0.3, 0.4) is 0 Å². The molecule has 1 aliphatic rings. The van der Waals surface area contributed by atoms with E-state index in [1.54, 1.807) is 4.90 Å². The minimum absolute atomic E-state index is 0.0214. The van der Waals surface area contributed by atoms with Gasteiger partial charge in [-0.3, -0.25) is 4.79 Å². The van der Waals surface area contributed by atoms with Crippen molar-refractivity contribution in [3.63, 3.8) is 0 Å². The summed E-state index contributed by atoms with van der Waals surface area (Å²) < 4.78 is 5.58. The predicted molar refractivity (Wildman–Crippen MR) is 112 cm³/mol. The normalized spacial score (nSPS) is 15.4. The lowest BCUT2D eigenvalue weighted by atomic mass is 9.89. The Labute approximate surface area is 170 Å². The second-order valence-corrected chi connectivity index (χ2v) is 7.19. The molecule has 1 aliphatic heterocycles. The smallest absolute Gasteiger partial charge is 0.410 e. The van der Waals surface area contributed by atoms with E-state index in [0.717, 1.165) is 17.5 Å². The number of hydrogen-bond donors (Lipinski definition) is 0. The number of carbonyl (C=O) groups excluding carboxylic acids is 2. The van der Waals surface area contributed by atoms with Crippen LogP contribution in [0.2, 0.25) is 0 Å². The fraction of sp³-hybridized carbons (Fsp3) is 0.200. The molecular formula is C25H23NO3. The van der Waals surface area contributed by atoms with Gasteiger partial charge in [0.05, 0.1) is 6.04 Å². The van der Waals surface area contributed by atoms with Crippen LogP contribution in [0.25, 0.3) is 0 Å². The number of benzene rings is 3. The third kappa shape index (κ3) is 4.37. The Morgan fingerprint density at radius 1 is 0.862 bits per heavy atom. The second-order valence-electron chi connectivity index (χ2n) is 7.19. The summed E-state index contributed by atoms with van der Waals surface area (Å²) in [6, 6.07) is 26.6. The molecular weight excluding hydrogens is 362 g/mol. The third-order valence-corrected chi connectivity index (χ3v) is 5.33. The van der Waals surface area contributed by atoms with Gasteiger partial charge < -0.3 is 9.64 Å². The summed E-state index contributed by atoms with van der Waals surface area (Å²) in [4.78, 5) is 27.5.